The second-order valence-corrected chi connectivity index (χ2v) is 11.3. The van der Waals surface area contributed by atoms with E-state index >= 15 is 0 Å². The quantitative estimate of drug-likeness (QED) is 0.0827. The third-order valence-corrected chi connectivity index (χ3v) is 7.57. The van der Waals surface area contributed by atoms with Gasteiger partial charge in [-0.25, -0.2) is 4.79 Å². The molecule has 1 aliphatic carbocycles. The van der Waals surface area contributed by atoms with Gasteiger partial charge in [-0.15, -0.1) is 11.6 Å². The molecule has 0 N–H and O–H groups in total. The number of rotatable bonds is 31. The van der Waals surface area contributed by atoms with Crippen LogP contribution in [0.3, 0.4) is 0 Å². The van der Waals surface area contributed by atoms with Gasteiger partial charge < -0.3 is 52.3 Å². The fraction of sp³-hybridized carbons (Fsp3) is 0.639. The van der Waals surface area contributed by atoms with Crippen molar-refractivity contribution in [2.75, 3.05) is 145 Å². The molecular weight excluding hydrogens is 658 g/mol. The fourth-order valence-electron chi connectivity index (χ4n) is 4.91. The normalized spacial score (nSPS) is 12.3. The first kappa shape index (κ1) is 41.1. The molecule has 0 atom stereocenters. The summed E-state index contributed by atoms with van der Waals surface area (Å²) < 4.78 is 54.8. The molecule has 0 spiro atoms. The summed E-state index contributed by atoms with van der Waals surface area (Å²) in [4.78, 5) is 14.1. The SMILES string of the molecule is CN(CCOCCOCCOCCOCCOCCOCCOCCOCCOCCCl)C(=O)OCC1c2ccccc2-c2ccccc21. The summed E-state index contributed by atoms with van der Waals surface area (Å²) in [5.74, 6) is 0.534. The number of likely N-dealkylation sites (N-methyl/N-ethyl adjacent to an activating group) is 1. The van der Waals surface area contributed by atoms with Gasteiger partial charge in [-0.05, 0) is 22.3 Å². The molecule has 0 bridgehead atoms. The van der Waals surface area contributed by atoms with Crippen molar-refractivity contribution < 1.29 is 52.2 Å². The van der Waals surface area contributed by atoms with Gasteiger partial charge in [0.1, 0.15) is 6.61 Å². The maximum Gasteiger partial charge on any atom is 0.409 e. The summed E-state index contributed by atoms with van der Waals surface area (Å²) in [5, 5.41) is 0. The molecular formula is C36H54ClNO11. The lowest BCUT2D eigenvalue weighted by molar-refractivity contribution is -0.0250. The number of halogens is 1. The first-order valence-electron chi connectivity index (χ1n) is 17.0. The van der Waals surface area contributed by atoms with Crippen LogP contribution in [-0.2, 0) is 47.4 Å². The molecule has 49 heavy (non-hydrogen) atoms. The second-order valence-electron chi connectivity index (χ2n) is 10.9. The van der Waals surface area contributed by atoms with Crippen molar-refractivity contribution in [3.63, 3.8) is 0 Å². The number of carbonyl (C=O) groups excluding carboxylic acids is 1. The van der Waals surface area contributed by atoms with Crippen LogP contribution in [-0.4, -0.2) is 156 Å². The summed E-state index contributed by atoms with van der Waals surface area (Å²) >= 11 is 5.52. The van der Waals surface area contributed by atoms with Crippen molar-refractivity contribution >= 4 is 17.7 Å². The van der Waals surface area contributed by atoms with Crippen molar-refractivity contribution in [2.45, 2.75) is 5.92 Å². The first-order valence-corrected chi connectivity index (χ1v) is 17.6. The Morgan fingerprint density at radius 2 is 0.857 bits per heavy atom. The van der Waals surface area contributed by atoms with E-state index in [0.29, 0.717) is 138 Å². The van der Waals surface area contributed by atoms with Gasteiger partial charge >= 0.3 is 6.09 Å². The van der Waals surface area contributed by atoms with Crippen LogP contribution in [0, 0.1) is 0 Å². The Kier molecular flexibility index (Phi) is 22.9. The highest BCUT2D eigenvalue weighted by atomic mass is 35.5. The molecule has 0 heterocycles. The average molecular weight is 712 g/mol. The lowest BCUT2D eigenvalue weighted by atomic mass is 9.98. The number of hydrogen-bond acceptors (Lipinski definition) is 11. The number of amides is 1. The van der Waals surface area contributed by atoms with Crippen LogP contribution in [0.15, 0.2) is 48.5 Å². The Hall–Kier alpha value is -2.36. The van der Waals surface area contributed by atoms with E-state index in [1.165, 1.54) is 27.2 Å². The lowest BCUT2D eigenvalue weighted by Gasteiger charge is -2.19. The van der Waals surface area contributed by atoms with E-state index in [0.717, 1.165) is 0 Å². The molecule has 0 saturated carbocycles. The third kappa shape index (κ3) is 17.4. The first-order chi connectivity index (χ1) is 24.2. The Labute approximate surface area is 296 Å². The summed E-state index contributed by atoms with van der Waals surface area (Å²) in [6, 6.07) is 16.6. The molecule has 0 fully saturated rings. The summed E-state index contributed by atoms with van der Waals surface area (Å²) in [7, 11) is 1.71. The molecule has 12 nitrogen and oxygen atoms in total. The van der Waals surface area contributed by atoms with E-state index in [1.807, 2.05) is 24.3 Å². The van der Waals surface area contributed by atoms with Crippen molar-refractivity contribution in [3.05, 3.63) is 59.7 Å². The minimum absolute atomic E-state index is 0.0407. The third-order valence-electron chi connectivity index (χ3n) is 7.42. The Morgan fingerprint density at radius 3 is 1.22 bits per heavy atom. The number of benzene rings is 2. The molecule has 13 heteroatoms. The molecule has 0 unspecified atom stereocenters. The van der Waals surface area contributed by atoms with Crippen LogP contribution in [0.2, 0.25) is 0 Å². The Balaban J connectivity index is 1.01. The number of ether oxygens (including phenoxy) is 10. The van der Waals surface area contributed by atoms with E-state index in [4.69, 9.17) is 59.0 Å². The van der Waals surface area contributed by atoms with Gasteiger partial charge in [-0.2, -0.15) is 0 Å². The predicted octanol–water partition coefficient (Wildman–Crippen LogP) is 4.26. The average Bonchev–Trinajstić information content (AvgIpc) is 3.45. The zero-order valence-corrected chi connectivity index (χ0v) is 29.6. The van der Waals surface area contributed by atoms with Gasteiger partial charge in [-0.1, -0.05) is 48.5 Å². The van der Waals surface area contributed by atoms with Crippen LogP contribution in [0.25, 0.3) is 11.1 Å². The number of nitrogens with zero attached hydrogens (tertiary/aromatic N) is 1. The highest BCUT2D eigenvalue weighted by molar-refractivity contribution is 6.17. The molecule has 2 aromatic rings. The zero-order valence-electron chi connectivity index (χ0n) is 28.9. The van der Waals surface area contributed by atoms with E-state index in [9.17, 15) is 4.79 Å². The van der Waals surface area contributed by atoms with Gasteiger partial charge in [-0.3, -0.25) is 0 Å². The maximum atomic E-state index is 12.6. The summed E-state index contributed by atoms with van der Waals surface area (Å²) in [6.07, 6.45) is -0.363. The van der Waals surface area contributed by atoms with Crippen LogP contribution in [0.5, 0.6) is 0 Å². The van der Waals surface area contributed by atoms with Crippen molar-refractivity contribution in [1.29, 1.82) is 0 Å². The standard InChI is InChI=1S/C36H54ClNO11/c1-38(36(39)49-30-35-33-8-4-2-6-31(33)32-7-3-5-9-34(32)35)11-13-41-15-17-43-19-21-45-23-25-47-27-29-48-28-26-46-24-22-44-20-18-42-16-14-40-12-10-37/h2-9,35H,10-30H2,1H3. The lowest BCUT2D eigenvalue weighted by Crippen LogP contribution is -2.32. The molecule has 0 radical (unpaired) electrons. The Bertz CT molecular complexity index is 1080. The molecule has 0 aliphatic heterocycles. The molecule has 2 aromatic carbocycles. The van der Waals surface area contributed by atoms with Gasteiger partial charge in [0.25, 0.3) is 0 Å². The molecule has 1 amide bonds. The van der Waals surface area contributed by atoms with Gasteiger partial charge in [0.15, 0.2) is 0 Å². The number of alkyl halides is 1. The van der Waals surface area contributed by atoms with E-state index < -0.39 is 0 Å². The minimum Gasteiger partial charge on any atom is -0.448 e. The number of carbonyl (C=O) groups is 1. The van der Waals surface area contributed by atoms with Crippen molar-refractivity contribution in [1.82, 2.24) is 4.90 Å². The van der Waals surface area contributed by atoms with Gasteiger partial charge in [0, 0.05) is 25.4 Å². The number of hydrogen-bond donors (Lipinski definition) is 0. The molecule has 0 aromatic heterocycles. The minimum atomic E-state index is -0.363. The van der Waals surface area contributed by atoms with Gasteiger partial charge in [0.05, 0.1) is 119 Å². The zero-order chi connectivity index (χ0) is 34.6. The smallest absolute Gasteiger partial charge is 0.409 e. The van der Waals surface area contributed by atoms with Crippen LogP contribution >= 0.6 is 11.6 Å². The van der Waals surface area contributed by atoms with E-state index in [2.05, 4.69) is 24.3 Å². The Morgan fingerprint density at radius 1 is 0.531 bits per heavy atom. The van der Waals surface area contributed by atoms with E-state index in [-0.39, 0.29) is 12.0 Å². The monoisotopic (exact) mass is 711 g/mol. The molecule has 276 valence electrons. The van der Waals surface area contributed by atoms with Crippen LogP contribution in [0.1, 0.15) is 17.0 Å². The topological polar surface area (TPSA) is 113 Å². The second kappa shape index (κ2) is 27.4. The predicted molar refractivity (Wildman–Crippen MR) is 186 cm³/mol. The van der Waals surface area contributed by atoms with Gasteiger partial charge in [0.2, 0.25) is 0 Å². The summed E-state index contributed by atoms with van der Waals surface area (Å²) in [5.41, 5.74) is 4.80. The highest BCUT2D eigenvalue weighted by Gasteiger charge is 2.29. The molecule has 1 aliphatic rings. The largest absolute Gasteiger partial charge is 0.448 e. The number of fused-ring (bicyclic) bond motifs is 3. The van der Waals surface area contributed by atoms with Crippen molar-refractivity contribution in [2.24, 2.45) is 0 Å². The highest BCUT2D eigenvalue weighted by Crippen LogP contribution is 2.44. The molecule has 0 saturated heterocycles. The molecule has 3 rings (SSSR count). The van der Waals surface area contributed by atoms with Crippen molar-refractivity contribution in [3.8, 4) is 11.1 Å². The van der Waals surface area contributed by atoms with Crippen LogP contribution in [0.4, 0.5) is 4.79 Å². The maximum absolute atomic E-state index is 12.6. The van der Waals surface area contributed by atoms with E-state index in [1.54, 1.807) is 7.05 Å². The summed E-state index contributed by atoms with van der Waals surface area (Å²) in [6.45, 7) is 9.61. The van der Waals surface area contributed by atoms with Crippen LogP contribution < -0.4 is 0 Å². The fourth-order valence-corrected chi connectivity index (χ4v) is 5.02.